The Bertz CT molecular complexity index is 544. The fraction of sp³-hybridized carbons (Fsp3) is 0.571. The van der Waals surface area contributed by atoms with Crippen molar-refractivity contribution in [1.29, 1.82) is 0 Å². The third kappa shape index (κ3) is 5.07. The maximum absolute atomic E-state index is 11.5. The van der Waals surface area contributed by atoms with Crippen molar-refractivity contribution < 1.29 is 9.53 Å². The van der Waals surface area contributed by atoms with E-state index in [-0.39, 0.29) is 12.1 Å². The molecule has 0 bridgehead atoms. The molecule has 1 aromatic rings. The van der Waals surface area contributed by atoms with Gasteiger partial charge in [0.2, 0.25) is 0 Å². The molecular formula is C21H32O2Si. The summed E-state index contributed by atoms with van der Waals surface area (Å²) in [5.41, 5.74) is 0.501. The van der Waals surface area contributed by atoms with Crippen molar-refractivity contribution >= 4 is 19.2 Å². The minimum Gasteiger partial charge on any atom is -0.458 e. The summed E-state index contributed by atoms with van der Waals surface area (Å²) in [7, 11) is -1.57. The lowest BCUT2D eigenvalue weighted by Gasteiger charge is -2.30. The summed E-state index contributed by atoms with van der Waals surface area (Å²) in [4.78, 5) is 11.5. The summed E-state index contributed by atoms with van der Waals surface area (Å²) in [5.74, 6) is 0.329. The van der Waals surface area contributed by atoms with E-state index >= 15 is 0 Å². The first-order chi connectivity index (χ1) is 11.4. The third-order valence-corrected chi connectivity index (χ3v) is 9.95. The molecule has 1 saturated carbocycles. The van der Waals surface area contributed by atoms with E-state index in [0.717, 1.165) is 0 Å². The smallest absolute Gasteiger partial charge is 0.303 e. The highest BCUT2D eigenvalue weighted by Crippen LogP contribution is 2.30. The molecule has 0 spiro atoms. The number of esters is 1. The van der Waals surface area contributed by atoms with Crippen molar-refractivity contribution in [3.05, 3.63) is 42.5 Å². The van der Waals surface area contributed by atoms with Crippen molar-refractivity contribution in [3.63, 3.8) is 0 Å². The predicted molar refractivity (Wildman–Crippen MR) is 104 cm³/mol. The van der Waals surface area contributed by atoms with Crippen LogP contribution in [0.3, 0.4) is 0 Å². The minimum atomic E-state index is -1.57. The van der Waals surface area contributed by atoms with Gasteiger partial charge in [0.05, 0.1) is 8.07 Å². The lowest BCUT2D eigenvalue weighted by atomic mass is 9.85. The molecule has 0 unspecified atom stereocenters. The number of carbonyl (C=O) groups excluding carboxylic acids is 1. The average Bonchev–Trinajstić information content (AvgIpc) is 2.59. The molecule has 0 aromatic heterocycles. The zero-order valence-electron chi connectivity index (χ0n) is 15.6. The molecule has 0 N–H and O–H groups in total. The summed E-state index contributed by atoms with van der Waals surface area (Å²) < 4.78 is 5.65. The summed E-state index contributed by atoms with van der Waals surface area (Å²) in [5, 5.41) is 1.48. The van der Waals surface area contributed by atoms with Gasteiger partial charge >= 0.3 is 5.97 Å². The standard InChI is InChI=1S/C21H32O2Si/c1-17(24(3,4)20-13-9-6-10-14-20)15-16-21(23-18(2)22)19-11-7-5-8-12-19/h6,9-10,13-17,19,21H,5,7-8,11-12H2,1-4H3/b16-15-/t17-,21+/m0/s1. The van der Waals surface area contributed by atoms with Crippen molar-refractivity contribution in [1.82, 2.24) is 0 Å². The number of ether oxygens (including phenoxy) is 1. The van der Waals surface area contributed by atoms with E-state index in [1.165, 1.54) is 44.2 Å². The Hall–Kier alpha value is -1.35. The molecule has 1 aromatic carbocycles. The van der Waals surface area contributed by atoms with Crippen LogP contribution >= 0.6 is 0 Å². The Labute approximate surface area is 148 Å². The van der Waals surface area contributed by atoms with Gasteiger partial charge in [0.1, 0.15) is 6.10 Å². The van der Waals surface area contributed by atoms with Crippen LogP contribution in [-0.4, -0.2) is 20.1 Å². The van der Waals surface area contributed by atoms with Crippen LogP contribution in [0.5, 0.6) is 0 Å². The normalized spacial score (nSPS) is 19.2. The van der Waals surface area contributed by atoms with Crippen LogP contribution in [0.15, 0.2) is 42.5 Å². The van der Waals surface area contributed by atoms with E-state index in [4.69, 9.17) is 4.74 Å². The molecule has 24 heavy (non-hydrogen) atoms. The van der Waals surface area contributed by atoms with Crippen LogP contribution in [0.25, 0.3) is 0 Å². The van der Waals surface area contributed by atoms with Crippen LogP contribution in [-0.2, 0) is 9.53 Å². The Morgan fingerprint density at radius 1 is 1.12 bits per heavy atom. The van der Waals surface area contributed by atoms with Crippen LogP contribution < -0.4 is 5.19 Å². The molecule has 0 amide bonds. The van der Waals surface area contributed by atoms with Gasteiger partial charge < -0.3 is 4.74 Å². The second-order valence-corrected chi connectivity index (χ2v) is 12.7. The van der Waals surface area contributed by atoms with E-state index in [1.807, 2.05) is 0 Å². The molecule has 0 heterocycles. The van der Waals surface area contributed by atoms with Gasteiger partial charge in [-0.1, -0.05) is 80.9 Å². The molecule has 3 heteroatoms. The Morgan fingerprint density at radius 3 is 2.33 bits per heavy atom. The zero-order valence-corrected chi connectivity index (χ0v) is 16.6. The highest BCUT2D eigenvalue weighted by atomic mass is 28.3. The van der Waals surface area contributed by atoms with Crippen molar-refractivity contribution in [2.45, 2.75) is 70.7 Å². The summed E-state index contributed by atoms with van der Waals surface area (Å²) in [6, 6.07) is 10.8. The molecule has 1 aliphatic rings. The van der Waals surface area contributed by atoms with E-state index < -0.39 is 8.07 Å². The van der Waals surface area contributed by atoms with Crippen molar-refractivity contribution in [3.8, 4) is 0 Å². The fourth-order valence-corrected chi connectivity index (χ4v) is 5.76. The lowest BCUT2D eigenvalue weighted by Crippen LogP contribution is -2.44. The molecule has 2 rings (SSSR count). The quantitative estimate of drug-likeness (QED) is 0.409. The SMILES string of the molecule is CC(=O)O[C@H](/C=C\[C@H](C)[Si](C)(C)c1ccccc1)C1CCCCC1. The van der Waals surface area contributed by atoms with Crippen LogP contribution in [0.1, 0.15) is 46.0 Å². The molecule has 0 saturated heterocycles. The third-order valence-electron chi connectivity index (χ3n) is 5.66. The van der Waals surface area contributed by atoms with Crippen LogP contribution in [0.2, 0.25) is 18.6 Å². The summed E-state index contributed by atoms with van der Waals surface area (Å²) in [6.07, 6.45) is 10.6. The topological polar surface area (TPSA) is 26.3 Å². The Morgan fingerprint density at radius 2 is 1.75 bits per heavy atom. The first kappa shape index (κ1) is 19.0. The van der Waals surface area contributed by atoms with Gasteiger partial charge in [0.15, 0.2) is 0 Å². The lowest BCUT2D eigenvalue weighted by molar-refractivity contribution is -0.146. The van der Waals surface area contributed by atoms with Crippen molar-refractivity contribution in [2.24, 2.45) is 5.92 Å². The van der Waals surface area contributed by atoms with Gasteiger partial charge in [-0.25, -0.2) is 0 Å². The first-order valence-electron chi connectivity index (χ1n) is 9.32. The number of carbonyl (C=O) groups is 1. The molecular weight excluding hydrogens is 312 g/mol. The first-order valence-corrected chi connectivity index (χ1v) is 12.4. The predicted octanol–water partition coefficient (Wildman–Crippen LogP) is 5.06. The maximum atomic E-state index is 11.5. The molecule has 0 aliphatic heterocycles. The second kappa shape index (κ2) is 8.66. The molecule has 1 aliphatic carbocycles. The van der Waals surface area contributed by atoms with E-state index in [9.17, 15) is 4.79 Å². The largest absolute Gasteiger partial charge is 0.458 e. The van der Waals surface area contributed by atoms with Crippen LogP contribution in [0.4, 0.5) is 0 Å². The molecule has 132 valence electrons. The van der Waals surface area contributed by atoms with Crippen molar-refractivity contribution in [2.75, 3.05) is 0 Å². The van der Waals surface area contributed by atoms with Gasteiger partial charge in [0, 0.05) is 6.92 Å². The molecule has 2 nitrogen and oxygen atoms in total. The monoisotopic (exact) mass is 344 g/mol. The molecule has 1 fully saturated rings. The summed E-state index contributed by atoms with van der Waals surface area (Å²) in [6.45, 7) is 8.66. The number of benzene rings is 1. The van der Waals surface area contributed by atoms with E-state index in [1.54, 1.807) is 0 Å². The van der Waals surface area contributed by atoms with Gasteiger partial charge in [-0.2, -0.15) is 0 Å². The maximum Gasteiger partial charge on any atom is 0.303 e. The number of hydrogen-bond acceptors (Lipinski definition) is 2. The minimum absolute atomic E-state index is 0.0502. The van der Waals surface area contributed by atoms with Gasteiger partial charge in [-0.3, -0.25) is 4.79 Å². The summed E-state index contributed by atoms with van der Waals surface area (Å²) >= 11 is 0. The van der Waals surface area contributed by atoms with Gasteiger partial charge in [-0.15, -0.1) is 0 Å². The van der Waals surface area contributed by atoms with E-state index in [2.05, 4.69) is 62.5 Å². The van der Waals surface area contributed by atoms with Gasteiger partial charge in [-0.05, 0) is 30.4 Å². The fourth-order valence-electron chi connectivity index (χ4n) is 3.59. The Balaban J connectivity index is 2.10. The van der Waals surface area contributed by atoms with E-state index in [0.29, 0.717) is 11.5 Å². The molecule has 0 radical (unpaired) electrons. The number of rotatable bonds is 6. The van der Waals surface area contributed by atoms with Crippen LogP contribution in [0, 0.1) is 5.92 Å². The molecule has 2 atom stereocenters. The second-order valence-electron chi connectivity index (χ2n) is 7.73. The van der Waals surface area contributed by atoms with Gasteiger partial charge in [0.25, 0.3) is 0 Å². The average molecular weight is 345 g/mol. The number of allylic oxidation sites excluding steroid dienone is 1. The highest BCUT2D eigenvalue weighted by Gasteiger charge is 2.30. The Kier molecular flexibility index (Phi) is 6.85. The highest BCUT2D eigenvalue weighted by molar-refractivity contribution is 6.91. The number of hydrogen-bond donors (Lipinski definition) is 0. The zero-order chi connectivity index (χ0) is 17.6.